The summed E-state index contributed by atoms with van der Waals surface area (Å²) < 4.78 is 39.7. The number of aromatic amines is 1. The van der Waals surface area contributed by atoms with Crippen LogP contribution in [0.1, 0.15) is 16.7 Å². The molecule has 0 amide bonds. The van der Waals surface area contributed by atoms with E-state index in [0.29, 0.717) is 16.8 Å². The number of carbonyl (C=O) groups is 1. The molecule has 3 rings (SSSR count). The SMILES string of the molecule is Cc1ccc(-c2[nH]c3c(C(F)(F)F)cccc3c2CC(=O)O)cc1. The van der Waals surface area contributed by atoms with Crippen molar-refractivity contribution in [1.29, 1.82) is 0 Å². The number of alkyl halides is 3. The van der Waals surface area contributed by atoms with E-state index in [0.717, 1.165) is 11.6 Å². The second-order valence-corrected chi connectivity index (χ2v) is 5.64. The molecule has 6 heteroatoms. The summed E-state index contributed by atoms with van der Waals surface area (Å²) in [4.78, 5) is 14.0. The molecule has 1 heterocycles. The molecule has 0 spiro atoms. The fourth-order valence-corrected chi connectivity index (χ4v) is 2.81. The number of hydrogen-bond acceptors (Lipinski definition) is 1. The van der Waals surface area contributed by atoms with Crippen LogP contribution in [0.4, 0.5) is 13.2 Å². The first-order valence-electron chi connectivity index (χ1n) is 7.27. The molecule has 0 saturated heterocycles. The average molecular weight is 333 g/mol. The van der Waals surface area contributed by atoms with E-state index in [9.17, 15) is 18.0 Å². The number of aryl methyl sites for hydroxylation is 1. The first-order chi connectivity index (χ1) is 11.3. The molecule has 0 saturated carbocycles. The monoisotopic (exact) mass is 333 g/mol. The number of nitrogens with one attached hydrogen (secondary N) is 1. The molecule has 2 N–H and O–H groups in total. The van der Waals surface area contributed by atoms with Gasteiger partial charge in [0.1, 0.15) is 0 Å². The van der Waals surface area contributed by atoms with Gasteiger partial charge in [-0.3, -0.25) is 4.79 Å². The first kappa shape index (κ1) is 16.1. The van der Waals surface area contributed by atoms with Crippen LogP contribution in [0.25, 0.3) is 22.2 Å². The number of carboxylic acid groups (broad SMARTS) is 1. The smallest absolute Gasteiger partial charge is 0.418 e. The summed E-state index contributed by atoms with van der Waals surface area (Å²) in [7, 11) is 0. The van der Waals surface area contributed by atoms with Crippen LogP contribution in [0.3, 0.4) is 0 Å². The van der Waals surface area contributed by atoms with Crippen molar-refractivity contribution in [1.82, 2.24) is 4.98 Å². The quantitative estimate of drug-likeness (QED) is 0.724. The molecule has 2 aromatic carbocycles. The number of H-pyrrole nitrogens is 1. The fraction of sp³-hybridized carbons (Fsp3) is 0.167. The second-order valence-electron chi connectivity index (χ2n) is 5.64. The van der Waals surface area contributed by atoms with Crippen molar-refractivity contribution >= 4 is 16.9 Å². The van der Waals surface area contributed by atoms with Gasteiger partial charge in [-0.05, 0) is 24.1 Å². The summed E-state index contributed by atoms with van der Waals surface area (Å²) >= 11 is 0. The number of aromatic nitrogens is 1. The van der Waals surface area contributed by atoms with Gasteiger partial charge in [0.05, 0.1) is 23.2 Å². The summed E-state index contributed by atoms with van der Waals surface area (Å²) in [6.45, 7) is 1.90. The average Bonchev–Trinajstić information content (AvgIpc) is 2.85. The van der Waals surface area contributed by atoms with Crippen LogP contribution >= 0.6 is 0 Å². The number of hydrogen-bond donors (Lipinski definition) is 2. The molecule has 3 nitrogen and oxygen atoms in total. The third-order valence-corrected chi connectivity index (χ3v) is 3.91. The summed E-state index contributed by atoms with van der Waals surface area (Å²) in [5.41, 5.74) is 1.53. The minimum atomic E-state index is -4.52. The lowest BCUT2D eigenvalue weighted by molar-refractivity contribution is -0.137. The first-order valence-corrected chi connectivity index (χ1v) is 7.27. The molecule has 124 valence electrons. The molecule has 0 atom stereocenters. The summed E-state index contributed by atoms with van der Waals surface area (Å²) in [6, 6.07) is 11.0. The molecule has 24 heavy (non-hydrogen) atoms. The predicted molar refractivity (Wildman–Crippen MR) is 84.8 cm³/mol. The predicted octanol–water partition coefficient (Wildman–Crippen LogP) is 4.79. The zero-order valence-electron chi connectivity index (χ0n) is 12.7. The lowest BCUT2D eigenvalue weighted by atomic mass is 10.0. The number of carboxylic acids is 1. The van der Waals surface area contributed by atoms with Crippen molar-refractivity contribution in [2.45, 2.75) is 19.5 Å². The highest BCUT2D eigenvalue weighted by Crippen LogP contribution is 2.38. The van der Waals surface area contributed by atoms with Crippen LogP contribution in [0.2, 0.25) is 0 Å². The van der Waals surface area contributed by atoms with E-state index in [4.69, 9.17) is 5.11 Å². The fourth-order valence-electron chi connectivity index (χ4n) is 2.81. The molecule has 0 unspecified atom stereocenters. The van der Waals surface area contributed by atoms with E-state index < -0.39 is 17.7 Å². The molecule has 0 bridgehead atoms. The second kappa shape index (κ2) is 5.70. The molecule has 1 aromatic heterocycles. The molecule has 0 fully saturated rings. The van der Waals surface area contributed by atoms with Crippen LogP contribution in [0, 0.1) is 6.92 Å². The van der Waals surface area contributed by atoms with E-state index in [1.165, 1.54) is 12.1 Å². The highest BCUT2D eigenvalue weighted by Gasteiger charge is 2.34. The van der Waals surface area contributed by atoms with Crippen molar-refractivity contribution in [3.05, 3.63) is 59.2 Å². The number of para-hydroxylation sites is 1. The lowest BCUT2D eigenvalue weighted by Gasteiger charge is -2.07. The molecule has 3 aromatic rings. The van der Waals surface area contributed by atoms with Crippen molar-refractivity contribution in [2.75, 3.05) is 0 Å². The maximum atomic E-state index is 13.2. The van der Waals surface area contributed by atoms with Gasteiger partial charge in [-0.2, -0.15) is 13.2 Å². The standard InChI is InChI=1S/C18H14F3NO2/c1-10-5-7-11(8-6-10)16-13(9-15(23)24)12-3-2-4-14(17(12)22-16)18(19,20)21/h2-8,22H,9H2,1H3,(H,23,24). The van der Waals surface area contributed by atoms with E-state index in [1.807, 2.05) is 19.1 Å². The van der Waals surface area contributed by atoms with Crippen molar-refractivity contribution < 1.29 is 23.1 Å². The molecule has 0 aliphatic heterocycles. The van der Waals surface area contributed by atoms with Gasteiger partial charge < -0.3 is 10.1 Å². The lowest BCUT2D eigenvalue weighted by Crippen LogP contribution is -2.05. The largest absolute Gasteiger partial charge is 0.481 e. The third kappa shape index (κ3) is 2.87. The Morgan fingerprint density at radius 3 is 2.38 bits per heavy atom. The van der Waals surface area contributed by atoms with Gasteiger partial charge >= 0.3 is 12.1 Å². The Morgan fingerprint density at radius 2 is 1.79 bits per heavy atom. The number of halogens is 3. The van der Waals surface area contributed by atoms with Crippen LogP contribution in [-0.2, 0) is 17.4 Å². The minimum Gasteiger partial charge on any atom is -0.481 e. The van der Waals surface area contributed by atoms with E-state index in [-0.39, 0.29) is 17.3 Å². The normalized spacial score (nSPS) is 11.8. The zero-order chi connectivity index (χ0) is 17.5. The van der Waals surface area contributed by atoms with Crippen molar-refractivity contribution in [2.24, 2.45) is 0 Å². The maximum Gasteiger partial charge on any atom is 0.418 e. The topological polar surface area (TPSA) is 53.1 Å². The van der Waals surface area contributed by atoms with E-state index >= 15 is 0 Å². The Balaban J connectivity index is 2.31. The van der Waals surface area contributed by atoms with Crippen LogP contribution in [0.15, 0.2) is 42.5 Å². The van der Waals surface area contributed by atoms with Crippen LogP contribution in [0.5, 0.6) is 0 Å². The molecule has 0 aliphatic carbocycles. The number of benzene rings is 2. The zero-order valence-corrected chi connectivity index (χ0v) is 12.7. The van der Waals surface area contributed by atoms with Gasteiger partial charge in [-0.25, -0.2) is 0 Å². The van der Waals surface area contributed by atoms with E-state index in [2.05, 4.69) is 4.98 Å². The van der Waals surface area contributed by atoms with Gasteiger partial charge in [0, 0.05) is 5.39 Å². The number of rotatable bonds is 3. The summed E-state index contributed by atoms with van der Waals surface area (Å²) in [6.07, 6.45) is -4.88. The Hall–Kier alpha value is -2.76. The third-order valence-electron chi connectivity index (χ3n) is 3.91. The van der Waals surface area contributed by atoms with Gasteiger partial charge in [-0.15, -0.1) is 0 Å². The van der Waals surface area contributed by atoms with Gasteiger partial charge in [-0.1, -0.05) is 42.0 Å². The van der Waals surface area contributed by atoms with Crippen LogP contribution < -0.4 is 0 Å². The molecular formula is C18H14F3NO2. The molecule has 0 radical (unpaired) electrons. The Labute approximate surface area is 135 Å². The Morgan fingerprint density at radius 1 is 1.12 bits per heavy atom. The van der Waals surface area contributed by atoms with Gasteiger partial charge in [0.2, 0.25) is 0 Å². The van der Waals surface area contributed by atoms with Gasteiger partial charge in [0.15, 0.2) is 0 Å². The van der Waals surface area contributed by atoms with Crippen molar-refractivity contribution in [3.8, 4) is 11.3 Å². The molecular weight excluding hydrogens is 319 g/mol. The summed E-state index contributed by atoms with van der Waals surface area (Å²) in [5, 5.41) is 9.43. The van der Waals surface area contributed by atoms with E-state index in [1.54, 1.807) is 12.1 Å². The van der Waals surface area contributed by atoms with Crippen LogP contribution in [-0.4, -0.2) is 16.1 Å². The maximum absolute atomic E-state index is 13.2. The minimum absolute atomic E-state index is 0.0863. The summed E-state index contributed by atoms with van der Waals surface area (Å²) in [5.74, 6) is -1.10. The Kier molecular flexibility index (Phi) is 3.83. The highest BCUT2D eigenvalue weighted by atomic mass is 19.4. The van der Waals surface area contributed by atoms with Crippen molar-refractivity contribution in [3.63, 3.8) is 0 Å². The number of aliphatic carboxylic acids is 1. The van der Waals surface area contributed by atoms with Gasteiger partial charge in [0.25, 0.3) is 0 Å². The molecule has 0 aliphatic rings. The Bertz CT molecular complexity index is 908. The highest BCUT2D eigenvalue weighted by molar-refractivity contribution is 5.95. The number of fused-ring (bicyclic) bond motifs is 1.